The molecule has 0 atom stereocenters. The predicted octanol–water partition coefficient (Wildman–Crippen LogP) is 4.65. The lowest BCUT2D eigenvalue weighted by molar-refractivity contribution is -0.142. The number of ether oxygens (including phenoxy) is 2. The highest BCUT2D eigenvalue weighted by Gasteiger charge is 2.23. The number of H-pyrrole nitrogens is 1. The van der Waals surface area contributed by atoms with Gasteiger partial charge in [0.15, 0.2) is 11.5 Å². The third kappa shape index (κ3) is 6.56. The van der Waals surface area contributed by atoms with Crippen molar-refractivity contribution in [3.63, 3.8) is 0 Å². The van der Waals surface area contributed by atoms with Gasteiger partial charge in [0.2, 0.25) is 11.8 Å². The number of nitrogens with one attached hydrogen (secondary N) is 1. The molecule has 0 aliphatic carbocycles. The topological polar surface area (TPSA) is 74.9 Å². The number of rotatable bonds is 12. The second-order valence-corrected chi connectivity index (χ2v) is 9.03. The van der Waals surface area contributed by atoms with Crippen molar-refractivity contribution in [1.82, 2.24) is 14.8 Å². The highest BCUT2D eigenvalue weighted by Crippen LogP contribution is 2.28. The van der Waals surface area contributed by atoms with E-state index >= 15 is 0 Å². The lowest BCUT2D eigenvalue weighted by atomic mass is 10.1. The van der Waals surface area contributed by atoms with Crippen molar-refractivity contribution >= 4 is 22.7 Å². The molecule has 0 saturated heterocycles. The van der Waals surface area contributed by atoms with Gasteiger partial charge in [-0.3, -0.25) is 9.59 Å². The lowest BCUT2D eigenvalue weighted by Gasteiger charge is -2.29. The number of aromatic amines is 1. The standard InChI is InChI=1S/C28H37N3O4/c1-6-14-31(28(33)20(2)3)19-27(32)30(18-21-11-12-25(34-4)26(16-21)35-5)15-13-22-17-29-24-10-8-7-9-23(22)24/h7-12,16-17,20,29H,6,13-15,18-19H2,1-5H3. The Hall–Kier alpha value is -3.48. The molecule has 3 rings (SSSR count). The van der Waals surface area contributed by atoms with Gasteiger partial charge in [-0.25, -0.2) is 0 Å². The third-order valence-electron chi connectivity index (χ3n) is 6.13. The first-order valence-corrected chi connectivity index (χ1v) is 12.2. The fourth-order valence-electron chi connectivity index (χ4n) is 4.25. The van der Waals surface area contributed by atoms with Crippen LogP contribution in [0.1, 0.15) is 38.3 Å². The van der Waals surface area contributed by atoms with Gasteiger partial charge in [-0.05, 0) is 42.2 Å². The monoisotopic (exact) mass is 479 g/mol. The zero-order chi connectivity index (χ0) is 25.4. The molecule has 0 radical (unpaired) electrons. The molecule has 1 heterocycles. The first kappa shape index (κ1) is 26.1. The molecule has 7 nitrogen and oxygen atoms in total. The molecule has 0 aliphatic heterocycles. The highest BCUT2D eigenvalue weighted by molar-refractivity contribution is 5.86. The molecule has 2 amide bonds. The molecular formula is C28H37N3O4. The van der Waals surface area contributed by atoms with Crippen LogP contribution in [-0.2, 0) is 22.6 Å². The number of nitrogens with zero attached hydrogens (tertiary/aromatic N) is 2. The number of hydrogen-bond acceptors (Lipinski definition) is 4. The Bertz CT molecular complexity index is 1140. The zero-order valence-corrected chi connectivity index (χ0v) is 21.5. The van der Waals surface area contributed by atoms with Crippen LogP contribution < -0.4 is 9.47 Å². The van der Waals surface area contributed by atoms with Crippen LogP contribution in [0.15, 0.2) is 48.7 Å². The molecule has 2 aromatic carbocycles. The molecule has 1 N–H and O–H groups in total. The Labute approximate surface area is 208 Å². The van der Waals surface area contributed by atoms with Crippen molar-refractivity contribution in [2.45, 2.75) is 40.2 Å². The summed E-state index contributed by atoms with van der Waals surface area (Å²) in [6.45, 7) is 7.34. The second-order valence-electron chi connectivity index (χ2n) is 9.03. The summed E-state index contributed by atoms with van der Waals surface area (Å²) in [5.41, 5.74) is 3.18. The maximum Gasteiger partial charge on any atom is 0.242 e. The summed E-state index contributed by atoms with van der Waals surface area (Å²) in [7, 11) is 3.20. The van der Waals surface area contributed by atoms with E-state index in [0.717, 1.165) is 28.5 Å². The number of amides is 2. The number of carbonyl (C=O) groups excluding carboxylic acids is 2. The van der Waals surface area contributed by atoms with E-state index in [2.05, 4.69) is 11.1 Å². The van der Waals surface area contributed by atoms with E-state index in [-0.39, 0.29) is 24.3 Å². The van der Waals surface area contributed by atoms with Crippen LogP contribution >= 0.6 is 0 Å². The van der Waals surface area contributed by atoms with E-state index in [0.29, 0.717) is 37.6 Å². The number of hydrogen-bond donors (Lipinski definition) is 1. The van der Waals surface area contributed by atoms with Gasteiger partial charge in [0.25, 0.3) is 0 Å². The Morgan fingerprint density at radius 1 is 0.971 bits per heavy atom. The van der Waals surface area contributed by atoms with Crippen molar-refractivity contribution in [2.75, 3.05) is 33.9 Å². The summed E-state index contributed by atoms with van der Waals surface area (Å²) in [5, 5.41) is 1.16. The summed E-state index contributed by atoms with van der Waals surface area (Å²) < 4.78 is 10.8. The molecule has 0 fully saturated rings. The minimum atomic E-state index is -0.153. The van der Waals surface area contributed by atoms with E-state index in [9.17, 15) is 9.59 Å². The maximum absolute atomic E-state index is 13.5. The quantitative estimate of drug-likeness (QED) is 0.410. The smallest absolute Gasteiger partial charge is 0.242 e. The highest BCUT2D eigenvalue weighted by atomic mass is 16.5. The van der Waals surface area contributed by atoms with E-state index < -0.39 is 0 Å². The molecule has 3 aromatic rings. The van der Waals surface area contributed by atoms with Crippen molar-refractivity contribution < 1.29 is 19.1 Å². The number of aromatic nitrogens is 1. The molecule has 0 aliphatic rings. The first-order chi connectivity index (χ1) is 16.9. The van der Waals surface area contributed by atoms with E-state index in [1.54, 1.807) is 19.1 Å². The Morgan fingerprint density at radius 2 is 1.71 bits per heavy atom. The lowest BCUT2D eigenvalue weighted by Crippen LogP contribution is -2.44. The molecule has 0 spiro atoms. The maximum atomic E-state index is 13.5. The van der Waals surface area contributed by atoms with Crippen LogP contribution in [0.25, 0.3) is 10.9 Å². The predicted molar refractivity (Wildman–Crippen MR) is 139 cm³/mol. The van der Waals surface area contributed by atoms with Crippen molar-refractivity contribution in [1.29, 1.82) is 0 Å². The van der Waals surface area contributed by atoms with Crippen LogP contribution in [0.3, 0.4) is 0 Å². The van der Waals surface area contributed by atoms with Crippen molar-refractivity contribution in [3.8, 4) is 11.5 Å². The summed E-state index contributed by atoms with van der Waals surface area (Å²) >= 11 is 0. The molecule has 35 heavy (non-hydrogen) atoms. The Balaban J connectivity index is 1.83. The molecule has 188 valence electrons. The SMILES string of the molecule is CCCN(CC(=O)N(CCc1c[nH]c2ccccc12)Cc1ccc(OC)c(OC)c1)C(=O)C(C)C. The van der Waals surface area contributed by atoms with Gasteiger partial charge in [-0.1, -0.05) is 45.0 Å². The van der Waals surface area contributed by atoms with Gasteiger partial charge in [0.1, 0.15) is 0 Å². The van der Waals surface area contributed by atoms with Crippen molar-refractivity contribution in [2.24, 2.45) is 5.92 Å². The van der Waals surface area contributed by atoms with Crippen LogP contribution in [0.5, 0.6) is 11.5 Å². The fourth-order valence-corrected chi connectivity index (χ4v) is 4.25. The van der Waals surface area contributed by atoms with Gasteiger partial charge in [-0.15, -0.1) is 0 Å². The number of para-hydroxylation sites is 1. The molecule has 0 bridgehead atoms. The zero-order valence-electron chi connectivity index (χ0n) is 21.5. The summed E-state index contributed by atoms with van der Waals surface area (Å²) in [6.07, 6.45) is 3.51. The second kappa shape index (κ2) is 12.3. The van der Waals surface area contributed by atoms with Gasteiger partial charge >= 0.3 is 0 Å². The minimum Gasteiger partial charge on any atom is -0.493 e. The fraction of sp³-hybridized carbons (Fsp3) is 0.429. The number of benzene rings is 2. The van der Waals surface area contributed by atoms with Crippen molar-refractivity contribution in [3.05, 3.63) is 59.8 Å². The van der Waals surface area contributed by atoms with E-state index in [1.807, 2.05) is 68.3 Å². The minimum absolute atomic E-state index is 0.00268. The molecule has 0 saturated carbocycles. The summed E-state index contributed by atoms with van der Waals surface area (Å²) in [5.74, 6) is 1.05. The van der Waals surface area contributed by atoms with Crippen LogP contribution in [0.2, 0.25) is 0 Å². The third-order valence-corrected chi connectivity index (χ3v) is 6.13. The van der Waals surface area contributed by atoms with E-state index in [1.165, 1.54) is 0 Å². The Kier molecular flexibility index (Phi) is 9.18. The average molecular weight is 480 g/mol. The van der Waals surface area contributed by atoms with Gasteiger partial charge in [-0.2, -0.15) is 0 Å². The molecule has 0 unspecified atom stereocenters. The van der Waals surface area contributed by atoms with Crippen LogP contribution in [-0.4, -0.2) is 60.5 Å². The number of carbonyl (C=O) groups is 2. The molecular weight excluding hydrogens is 442 g/mol. The van der Waals surface area contributed by atoms with Crippen LogP contribution in [0, 0.1) is 5.92 Å². The average Bonchev–Trinajstić information content (AvgIpc) is 3.28. The number of methoxy groups -OCH3 is 2. The largest absolute Gasteiger partial charge is 0.493 e. The first-order valence-electron chi connectivity index (χ1n) is 12.2. The summed E-state index contributed by atoms with van der Waals surface area (Å²) in [4.78, 5) is 33.1. The molecule has 7 heteroatoms. The van der Waals surface area contributed by atoms with Gasteiger partial charge in [0, 0.05) is 42.7 Å². The van der Waals surface area contributed by atoms with Gasteiger partial charge < -0.3 is 24.3 Å². The van der Waals surface area contributed by atoms with Crippen LogP contribution in [0.4, 0.5) is 0 Å². The number of fused-ring (bicyclic) bond motifs is 1. The molecule has 1 aromatic heterocycles. The normalized spacial score (nSPS) is 11.0. The van der Waals surface area contributed by atoms with Gasteiger partial charge in [0.05, 0.1) is 20.8 Å². The summed E-state index contributed by atoms with van der Waals surface area (Å²) in [6, 6.07) is 13.8. The van der Waals surface area contributed by atoms with E-state index in [4.69, 9.17) is 9.47 Å². The Morgan fingerprint density at radius 3 is 2.40 bits per heavy atom.